The van der Waals surface area contributed by atoms with Crippen LogP contribution in [-0.4, -0.2) is 6.04 Å². The molecule has 0 amide bonds. The molecule has 1 nitrogen and oxygen atoms in total. The van der Waals surface area contributed by atoms with E-state index in [0.29, 0.717) is 16.9 Å². The molecule has 0 heterocycles. The second-order valence-corrected chi connectivity index (χ2v) is 9.86. The fraction of sp³-hybridized carbons (Fsp3) is 1.00. The summed E-state index contributed by atoms with van der Waals surface area (Å²) in [6.07, 6.45) is 16.1. The monoisotopic (exact) mass is 289 g/mol. The molecule has 4 bridgehead atoms. The molecular weight excluding hydrogens is 254 g/mol. The first kappa shape index (κ1) is 14.5. The van der Waals surface area contributed by atoms with Crippen molar-refractivity contribution >= 4 is 0 Å². The predicted molar refractivity (Wildman–Crippen MR) is 88.9 cm³/mol. The van der Waals surface area contributed by atoms with E-state index in [1.165, 1.54) is 70.6 Å². The Kier molecular flexibility index (Phi) is 3.45. The van der Waals surface area contributed by atoms with Crippen LogP contribution in [0.2, 0.25) is 0 Å². The Hall–Kier alpha value is -0.0400. The Morgan fingerprint density at radius 3 is 2.38 bits per heavy atom. The zero-order chi connectivity index (χ0) is 14.7. The van der Waals surface area contributed by atoms with Gasteiger partial charge in [-0.2, -0.15) is 0 Å². The van der Waals surface area contributed by atoms with Crippen molar-refractivity contribution in [1.82, 2.24) is 0 Å². The first-order valence-corrected chi connectivity index (χ1v) is 9.77. The molecule has 120 valence electrons. The van der Waals surface area contributed by atoms with Gasteiger partial charge in [0.05, 0.1) is 0 Å². The summed E-state index contributed by atoms with van der Waals surface area (Å²) in [5.74, 6) is 3.85. The van der Waals surface area contributed by atoms with Crippen LogP contribution in [0.3, 0.4) is 0 Å². The van der Waals surface area contributed by atoms with E-state index >= 15 is 0 Å². The molecule has 0 radical (unpaired) electrons. The first-order valence-electron chi connectivity index (χ1n) is 9.77. The zero-order valence-electron chi connectivity index (χ0n) is 14.2. The van der Waals surface area contributed by atoms with Gasteiger partial charge in [-0.25, -0.2) is 0 Å². The van der Waals surface area contributed by atoms with Gasteiger partial charge in [-0.05, 0) is 85.9 Å². The first-order chi connectivity index (χ1) is 10.0. The normalized spacial score (nSPS) is 53.9. The smallest absolute Gasteiger partial charge is 0.0124 e. The standard InChI is InChI=1S/C20H35N/c1-3-14-5-4-6-17(8-14)18(21)20-11-15-7-16(12-20)10-19(2,9-15)13-20/h14-18H,3-13,21H2,1-2H3. The maximum Gasteiger partial charge on any atom is 0.0124 e. The molecule has 2 N–H and O–H groups in total. The van der Waals surface area contributed by atoms with Crippen LogP contribution in [0.1, 0.15) is 84.5 Å². The second-order valence-electron chi connectivity index (χ2n) is 9.86. The molecule has 0 aromatic heterocycles. The fourth-order valence-electron chi connectivity index (χ4n) is 7.72. The average Bonchev–Trinajstić information content (AvgIpc) is 2.44. The highest BCUT2D eigenvalue weighted by atomic mass is 14.8. The van der Waals surface area contributed by atoms with Gasteiger partial charge in [0.25, 0.3) is 0 Å². The van der Waals surface area contributed by atoms with Gasteiger partial charge in [-0.15, -0.1) is 0 Å². The van der Waals surface area contributed by atoms with Crippen LogP contribution in [0.4, 0.5) is 0 Å². The van der Waals surface area contributed by atoms with Crippen LogP contribution in [0.5, 0.6) is 0 Å². The summed E-state index contributed by atoms with van der Waals surface area (Å²) in [5.41, 5.74) is 8.22. The topological polar surface area (TPSA) is 26.0 Å². The maximum absolute atomic E-state index is 7.02. The highest BCUT2D eigenvalue weighted by Gasteiger charge is 2.58. The van der Waals surface area contributed by atoms with Crippen LogP contribution in [0, 0.1) is 34.5 Å². The lowest BCUT2D eigenvalue weighted by Crippen LogP contribution is -2.59. The zero-order valence-corrected chi connectivity index (χ0v) is 14.2. The molecule has 0 aliphatic heterocycles. The van der Waals surface area contributed by atoms with E-state index < -0.39 is 0 Å². The highest BCUT2D eigenvalue weighted by Crippen LogP contribution is 2.66. The van der Waals surface area contributed by atoms with E-state index in [2.05, 4.69) is 13.8 Å². The summed E-state index contributed by atoms with van der Waals surface area (Å²) in [6.45, 7) is 4.96. The summed E-state index contributed by atoms with van der Waals surface area (Å²) in [7, 11) is 0. The van der Waals surface area contributed by atoms with E-state index in [4.69, 9.17) is 5.73 Å². The molecule has 5 fully saturated rings. The van der Waals surface area contributed by atoms with Gasteiger partial charge in [-0.1, -0.05) is 33.1 Å². The number of hydrogen-bond acceptors (Lipinski definition) is 1. The van der Waals surface area contributed by atoms with Crippen LogP contribution in [0.25, 0.3) is 0 Å². The van der Waals surface area contributed by atoms with E-state index in [9.17, 15) is 0 Å². The third kappa shape index (κ3) is 2.38. The molecule has 0 aromatic rings. The van der Waals surface area contributed by atoms with Gasteiger partial charge in [0.1, 0.15) is 0 Å². The van der Waals surface area contributed by atoms with Crippen molar-refractivity contribution in [2.75, 3.05) is 0 Å². The summed E-state index contributed by atoms with van der Waals surface area (Å²) in [6, 6.07) is 0.511. The quantitative estimate of drug-likeness (QED) is 0.765. The van der Waals surface area contributed by atoms with E-state index in [0.717, 1.165) is 23.7 Å². The van der Waals surface area contributed by atoms with Gasteiger partial charge >= 0.3 is 0 Å². The van der Waals surface area contributed by atoms with Crippen molar-refractivity contribution in [3.63, 3.8) is 0 Å². The molecule has 5 saturated carbocycles. The Labute approximate surface area is 131 Å². The minimum Gasteiger partial charge on any atom is -0.327 e. The van der Waals surface area contributed by atoms with Crippen LogP contribution in [0.15, 0.2) is 0 Å². The van der Waals surface area contributed by atoms with Crippen LogP contribution < -0.4 is 5.73 Å². The summed E-state index contributed by atoms with van der Waals surface area (Å²) in [4.78, 5) is 0. The van der Waals surface area contributed by atoms with Gasteiger partial charge in [-0.3, -0.25) is 0 Å². The maximum atomic E-state index is 7.02. The molecule has 0 saturated heterocycles. The molecule has 5 aliphatic rings. The summed E-state index contributed by atoms with van der Waals surface area (Å²) >= 11 is 0. The van der Waals surface area contributed by atoms with Gasteiger partial charge < -0.3 is 5.73 Å². The highest BCUT2D eigenvalue weighted by molar-refractivity contribution is 5.10. The Morgan fingerprint density at radius 1 is 1.05 bits per heavy atom. The molecule has 5 rings (SSSR count). The molecule has 5 unspecified atom stereocenters. The molecule has 21 heavy (non-hydrogen) atoms. The van der Waals surface area contributed by atoms with Crippen molar-refractivity contribution in [3.05, 3.63) is 0 Å². The average molecular weight is 290 g/mol. The molecule has 0 spiro atoms. The van der Waals surface area contributed by atoms with E-state index in [1.54, 1.807) is 0 Å². The molecule has 1 heteroatoms. The SMILES string of the molecule is CCC1CCCC(C(N)C23CC4CC(CC(C)(C4)C2)C3)C1. The van der Waals surface area contributed by atoms with Crippen molar-refractivity contribution in [2.24, 2.45) is 40.2 Å². The number of nitrogens with two attached hydrogens (primary N) is 1. The van der Waals surface area contributed by atoms with Gasteiger partial charge in [0.2, 0.25) is 0 Å². The Bertz CT molecular complexity index is 387. The Morgan fingerprint density at radius 2 is 1.76 bits per heavy atom. The lowest BCUT2D eigenvalue weighted by Gasteiger charge is -2.64. The summed E-state index contributed by atoms with van der Waals surface area (Å²) in [5, 5.41) is 0. The van der Waals surface area contributed by atoms with Crippen LogP contribution in [-0.2, 0) is 0 Å². The van der Waals surface area contributed by atoms with Crippen molar-refractivity contribution in [3.8, 4) is 0 Å². The lowest BCUT2D eigenvalue weighted by atomic mass is 9.42. The summed E-state index contributed by atoms with van der Waals surface area (Å²) < 4.78 is 0. The predicted octanol–water partition coefficient (Wildman–Crippen LogP) is 5.14. The molecular formula is C20H35N. The molecule has 5 aliphatic carbocycles. The van der Waals surface area contributed by atoms with Crippen molar-refractivity contribution in [1.29, 1.82) is 0 Å². The minimum absolute atomic E-state index is 0.511. The fourth-order valence-corrected chi connectivity index (χ4v) is 7.72. The van der Waals surface area contributed by atoms with Gasteiger partial charge in [0.15, 0.2) is 0 Å². The van der Waals surface area contributed by atoms with E-state index in [1.807, 2.05) is 0 Å². The molecule has 0 aromatic carbocycles. The largest absolute Gasteiger partial charge is 0.327 e. The van der Waals surface area contributed by atoms with Gasteiger partial charge in [0, 0.05) is 6.04 Å². The Balaban J connectivity index is 1.54. The van der Waals surface area contributed by atoms with E-state index in [-0.39, 0.29) is 0 Å². The molecule has 5 atom stereocenters. The van der Waals surface area contributed by atoms with Crippen molar-refractivity contribution in [2.45, 2.75) is 90.5 Å². The lowest BCUT2D eigenvalue weighted by molar-refractivity contribution is -0.123. The van der Waals surface area contributed by atoms with Crippen molar-refractivity contribution < 1.29 is 0 Å². The third-order valence-corrected chi connectivity index (χ3v) is 8.01. The number of rotatable bonds is 3. The number of hydrogen-bond donors (Lipinski definition) is 1. The minimum atomic E-state index is 0.511. The van der Waals surface area contributed by atoms with Crippen LogP contribution >= 0.6 is 0 Å². The third-order valence-electron chi connectivity index (χ3n) is 8.01. The second kappa shape index (κ2) is 4.98.